The molecule has 1 aliphatic heterocycles. The van der Waals surface area contributed by atoms with Crippen LogP contribution >= 0.6 is 0 Å². The number of hydrogen-bond donors (Lipinski definition) is 1. The summed E-state index contributed by atoms with van der Waals surface area (Å²) in [5.74, 6) is -1.35. The number of fused-ring (bicyclic) bond motifs is 1. The van der Waals surface area contributed by atoms with Gasteiger partial charge in [-0.25, -0.2) is 0 Å². The normalized spacial score (nSPS) is 12.6. The zero-order valence-corrected chi connectivity index (χ0v) is 16.2. The van der Waals surface area contributed by atoms with E-state index in [9.17, 15) is 24.5 Å². The monoisotopic (exact) mass is 411 g/mol. The quantitative estimate of drug-likeness (QED) is 0.424. The molecule has 2 aromatic carbocycles. The van der Waals surface area contributed by atoms with Crippen molar-refractivity contribution in [3.63, 3.8) is 0 Å². The number of carbonyl (C=O) groups is 3. The minimum Gasteiger partial charge on any atom is -0.455 e. The smallest absolute Gasteiger partial charge is 0.308 e. The maximum Gasteiger partial charge on any atom is 0.308 e. The van der Waals surface area contributed by atoms with Crippen molar-refractivity contribution >= 4 is 29.2 Å². The molecule has 0 radical (unpaired) electrons. The Bertz CT molecular complexity index is 957. The van der Waals surface area contributed by atoms with Crippen LogP contribution in [0.25, 0.3) is 0 Å². The van der Waals surface area contributed by atoms with Crippen molar-refractivity contribution in [2.45, 2.75) is 19.3 Å². The fourth-order valence-electron chi connectivity index (χ4n) is 3.20. The maximum atomic E-state index is 12.4. The molecule has 2 amide bonds. The molecule has 0 unspecified atom stereocenters. The summed E-state index contributed by atoms with van der Waals surface area (Å²) in [7, 11) is 0. The molecule has 0 spiro atoms. The van der Waals surface area contributed by atoms with Crippen LogP contribution in [0.15, 0.2) is 48.5 Å². The summed E-state index contributed by atoms with van der Waals surface area (Å²) in [6, 6.07) is 12.8. The number of rotatable bonds is 7. The molecule has 2 aromatic rings. The SMILES string of the molecule is O=C(CCNC(=O)c1ccc([N+](=O)[O-])cc1)OCC(=O)N1CCCc2ccccc21. The number of amides is 2. The number of benzene rings is 2. The number of ether oxygens (including phenoxy) is 1. The number of nitrogens with zero attached hydrogens (tertiary/aromatic N) is 2. The second-order valence-electron chi connectivity index (χ2n) is 6.75. The first-order chi connectivity index (χ1) is 14.5. The predicted octanol–water partition coefficient (Wildman–Crippen LogP) is 2.24. The van der Waals surface area contributed by atoms with Gasteiger partial charge in [0.2, 0.25) is 0 Å². The fraction of sp³-hybridized carbons (Fsp3) is 0.286. The number of nitro groups is 1. The first kappa shape index (κ1) is 21.0. The van der Waals surface area contributed by atoms with Gasteiger partial charge in [-0.3, -0.25) is 24.5 Å². The molecule has 0 fully saturated rings. The first-order valence-corrected chi connectivity index (χ1v) is 9.52. The van der Waals surface area contributed by atoms with Crippen molar-refractivity contribution in [3.05, 3.63) is 69.8 Å². The highest BCUT2D eigenvalue weighted by Crippen LogP contribution is 2.26. The Balaban J connectivity index is 1.41. The minimum absolute atomic E-state index is 0.0232. The van der Waals surface area contributed by atoms with Crippen LogP contribution in [0, 0.1) is 10.1 Å². The summed E-state index contributed by atoms with van der Waals surface area (Å²) >= 11 is 0. The Labute approximate surface area is 172 Å². The number of aryl methyl sites for hydroxylation is 1. The van der Waals surface area contributed by atoms with E-state index in [2.05, 4.69) is 5.32 Å². The molecule has 0 bridgehead atoms. The van der Waals surface area contributed by atoms with E-state index in [1.165, 1.54) is 24.3 Å². The lowest BCUT2D eigenvalue weighted by Gasteiger charge is -2.29. The number of non-ortho nitro benzene ring substituents is 1. The summed E-state index contributed by atoms with van der Waals surface area (Å²) in [5.41, 5.74) is 2.07. The number of hydrogen-bond acceptors (Lipinski definition) is 6. The largest absolute Gasteiger partial charge is 0.455 e. The second-order valence-corrected chi connectivity index (χ2v) is 6.75. The number of esters is 1. The van der Waals surface area contributed by atoms with E-state index >= 15 is 0 Å². The number of para-hydroxylation sites is 1. The maximum absolute atomic E-state index is 12.4. The number of nitro benzene ring substituents is 1. The summed E-state index contributed by atoms with van der Waals surface area (Å²) in [6.07, 6.45) is 1.67. The van der Waals surface area contributed by atoms with Crippen LogP contribution in [0.4, 0.5) is 11.4 Å². The van der Waals surface area contributed by atoms with Gasteiger partial charge in [-0.05, 0) is 36.6 Å². The van der Waals surface area contributed by atoms with Crippen LogP contribution in [0.5, 0.6) is 0 Å². The average molecular weight is 411 g/mol. The van der Waals surface area contributed by atoms with E-state index in [1.54, 1.807) is 4.90 Å². The van der Waals surface area contributed by atoms with E-state index in [1.807, 2.05) is 24.3 Å². The molecule has 1 N–H and O–H groups in total. The second kappa shape index (κ2) is 9.64. The Morgan fingerprint density at radius 3 is 2.57 bits per heavy atom. The lowest BCUT2D eigenvalue weighted by molar-refractivity contribution is -0.384. The van der Waals surface area contributed by atoms with Gasteiger partial charge >= 0.3 is 5.97 Å². The van der Waals surface area contributed by atoms with Gasteiger partial charge in [-0.2, -0.15) is 0 Å². The van der Waals surface area contributed by atoms with Crippen molar-refractivity contribution in [1.29, 1.82) is 0 Å². The van der Waals surface area contributed by atoms with Gasteiger partial charge in [-0.1, -0.05) is 18.2 Å². The van der Waals surface area contributed by atoms with Crippen LogP contribution in [0.3, 0.4) is 0 Å². The molecule has 0 saturated heterocycles. The fourth-order valence-corrected chi connectivity index (χ4v) is 3.20. The zero-order chi connectivity index (χ0) is 21.5. The molecule has 1 aliphatic rings. The van der Waals surface area contributed by atoms with Crippen molar-refractivity contribution in [2.75, 3.05) is 24.6 Å². The molecule has 0 aliphatic carbocycles. The molecule has 156 valence electrons. The molecule has 0 aromatic heterocycles. The van der Waals surface area contributed by atoms with Crippen LogP contribution in [0.1, 0.15) is 28.8 Å². The van der Waals surface area contributed by atoms with Crippen LogP contribution in [-0.2, 0) is 20.7 Å². The van der Waals surface area contributed by atoms with Crippen LogP contribution < -0.4 is 10.2 Å². The number of nitrogens with one attached hydrogen (secondary N) is 1. The van der Waals surface area contributed by atoms with Gasteiger partial charge in [0, 0.05) is 36.5 Å². The Kier molecular flexibility index (Phi) is 6.74. The molecular formula is C21H21N3O6. The highest BCUT2D eigenvalue weighted by molar-refractivity contribution is 5.96. The van der Waals surface area contributed by atoms with Gasteiger partial charge in [0.25, 0.3) is 17.5 Å². The molecule has 1 heterocycles. The van der Waals surface area contributed by atoms with Gasteiger partial charge in [0.05, 0.1) is 11.3 Å². The highest BCUT2D eigenvalue weighted by Gasteiger charge is 2.23. The van der Waals surface area contributed by atoms with E-state index in [4.69, 9.17) is 4.74 Å². The summed E-state index contributed by atoms with van der Waals surface area (Å²) in [6.45, 7) is 0.248. The Morgan fingerprint density at radius 1 is 1.10 bits per heavy atom. The molecule has 0 saturated carbocycles. The standard InChI is InChI=1S/C21H21N3O6/c25-19(23-13-3-5-15-4-1-2-6-18(15)23)14-30-20(26)11-12-22-21(27)16-7-9-17(10-8-16)24(28)29/h1-2,4,6-10H,3,5,11-14H2,(H,22,27). The summed E-state index contributed by atoms with van der Waals surface area (Å²) in [4.78, 5) is 48.0. The van der Waals surface area contributed by atoms with Crippen molar-refractivity contribution in [3.8, 4) is 0 Å². The molecule has 3 rings (SSSR count). The number of anilines is 1. The van der Waals surface area contributed by atoms with Gasteiger partial charge in [0.15, 0.2) is 6.61 Å². The van der Waals surface area contributed by atoms with Gasteiger partial charge < -0.3 is 15.0 Å². The first-order valence-electron chi connectivity index (χ1n) is 9.52. The third-order valence-electron chi connectivity index (χ3n) is 4.72. The molecule has 30 heavy (non-hydrogen) atoms. The highest BCUT2D eigenvalue weighted by atomic mass is 16.6. The van der Waals surface area contributed by atoms with E-state index in [0.717, 1.165) is 24.1 Å². The summed E-state index contributed by atoms with van der Waals surface area (Å²) < 4.78 is 5.05. The van der Waals surface area contributed by atoms with Crippen LogP contribution in [0.2, 0.25) is 0 Å². The van der Waals surface area contributed by atoms with Crippen molar-refractivity contribution < 1.29 is 24.0 Å². The van der Waals surface area contributed by atoms with E-state index in [0.29, 0.717) is 6.54 Å². The third kappa shape index (κ3) is 5.19. The lowest BCUT2D eigenvalue weighted by Crippen LogP contribution is -2.38. The molecule has 0 atom stereocenters. The lowest BCUT2D eigenvalue weighted by atomic mass is 10.0. The van der Waals surface area contributed by atoms with Crippen LogP contribution in [-0.4, -0.2) is 42.4 Å². The van der Waals surface area contributed by atoms with Crippen molar-refractivity contribution in [2.24, 2.45) is 0 Å². The Morgan fingerprint density at radius 2 is 1.83 bits per heavy atom. The average Bonchev–Trinajstić information content (AvgIpc) is 2.77. The molecule has 9 nitrogen and oxygen atoms in total. The topological polar surface area (TPSA) is 119 Å². The van der Waals surface area contributed by atoms with Gasteiger partial charge in [-0.15, -0.1) is 0 Å². The molecular weight excluding hydrogens is 390 g/mol. The third-order valence-corrected chi connectivity index (χ3v) is 4.72. The van der Waals surface area contributed by atoms with Crippen molar-refractivity contribution in [1.82, 2.24) is 5.32 Å². The predicted molar refractivity (Wildman–Crippen MR) is 108 cm³/mol. The van der Waals surface area contributed by atoms with E-state index < -0.39 is 16.8 Å². The summed E-state index contributed by atoms with van der Waals surface area (Å²) in [5, 5.41) is 13.2. The molecule has 9 heteroatoms. The Hall–Kier alpha value is -3.75. The minimum atomic E-state index is -0.599. The van der Waals surface area contributed by atoms with Gasteiger partial charge in [0.1, 0.15) is 0 Å². The zero-order valence-electron chi connectivity index (χ0n) is 16.2. The van der Waals surface area contributed by atoms with E-state index in [-0.39, 0.29) is 36.7 Å². The number of carbonyl (C=O) groups excluding carboxylic acids is 3.